The summed E-state index contributed by atoms with van der Waals surface area (Å²) >= 11 is 0. The Hall–Kier alpha value is -4.66. The zero-order chi connectivity index (χ0) is 26.1. The number of para-hydroxylation sites is 2. The van der Waals surface area contributed by atoms with Crippen LogP contribution in [0, 0.1) is 12.7 Å². The Balaban J connectivity index is 1.41. The first-order valence-electron chi connectivity index (χ1n) is 11.8. The van der Waals surface area contributed by atoms with Gasteiger partial charge >= 0.3 is 0 Å². The molecule has 0 bridgehead atoms. The lowest BCUT2D eigenvalue weighted by Gasteiger charge is -2.12. The number of aryl methyl sites for hydroxylation is 3. The molecule has 1 aliphatic rings. The van der Waals surface area contributed by atoms with Gasteiger partial charge in [0, 0.05) is 24.3 Å². The molecule has 5 rings (SSSR count). The molecular formula is C28H26FN5O3. The van der Waals surface area contributed by atoms with Crippen LogP contribution in [0.3, 0.4) is 0 Å². The second kappa shape index (κ2) is 9.77. The number of fused-ring (bicyclic) bond motifs is 2. The van der Waals surface area contributed by atoms with Crippen molar-refractivity contribution < 1.29 is 18.7 Å². The Labute approximate surface area is 213 Å². The van der Waals surface area contributed by atoms with E-state index < -0.39 is 17.6 Å². The summed E-state index contributed by atoms with van der Waals surface area (Å²) in [5, 5.41) is 10.9. The molecule has 37 heavy (non-hydrogen) atoms. The van der Waals surface area contributed by atoms with E-state index >= 15 is 0 Å². The van der Waals surface area contributed by atoms with Gasteiger partial charge in [0.2, 0.25) is 0 Å². The van der Waals surface area contributed by atoms with Gasteiger partial charge in [-0.1, -0.05) is 36.4 Å². The highest BCUT2D eigenvalue weighted by Crippen LogP contribution is 2.34. The van der Waals surface area contributed by atoms with Crippen LogP contribution >= 0.6 is 0 Å². The molecule has 8 nitrogen and oxygen atoms in total. The van der Waals surface area contributed by atoms with Crippen LogP contribution in [-0.2, 0) is 19.5 Å². The number of amides is 2. The molecule has 1 aromatic heterocycles. The number of anilines is 2. The molecule has 0 fully saturated rings. The monoisotopic (exact) mass is 499 g/mol. The topological polar surface area (TPSA) is 111 Å². The number of hydrogen-bond acceptors (Lipinski definition) is 5. The van der Waals surface area contributed by atoms with Crippen molar-refractivity contribution >= 4 is 23.3 Å². The normalized spacial score (nSPS) is 12.1. The Kier molecular flexibility index (Phi) is 6.35. The van der Waals surface area contributed by atoms with Crippen molar-refractivity contribution in [2.75, 3.05) is 12.4 Å². The summed E-state index contributed by atoms with van der Waals surface area (Å²) in [6, 6.07) is 17.8. The van der Waals surface area contributed by atoms with E-state index in [0.717, 1.165) is 34.4 Å². The van der Waals surface area contributed by atoms with E-state index in [1.54, 1.807) is 4.68 Å². The third-order valence-electron chi connectivity index (χ3n) is 6.53. The van der Waals surface area contributed by atoms with Gasteiger partial charge in [0.05, 0.1) is 12.7 Å². The maximum atomic E-state index is 14.0. The second-order valence-electron chi connectivity index (χ2n) is 8.84. The van der Waals surface area contributed by atoms with Crippen molar-refractivity contribution in [3.63, 3.8) is 0 Å². The fourth-order valence-corrected chi connectivity index (χ4v) is 4.61. The molecule has 0 saturated heterocycles. The molecule has 4 aromatic rings. The third-order valence-corrected chi connectivity index (χ3v) is 6.53. The molecule has 0 unspecified atom stereocenters. The van der Waals surface area contributed by atoms with E-state index in [1.165, 1.54) is 25.3 Å². The van der Waals surface area contributed by atoms with E-state index in [4.69, 9.17) is 15.6 Å². The number of primary amides is 1. The Morgan fingerprint density at radius 2 is 1.97 bits per heavy atom. The van der Waals surface area contributed by atoms with E-state index in [9.17, 15) is 14.0 Å². The average Bonchev–Trinajstić information content (AvgIpc) is 3.15. The van der Waals surface area contributed by atoms with E-state index in [2.05, 4.69) is 10.6 Å². The summed E-state index contributed by atoms with van der Waals surface area (Å²) in [5.74, 6) is -1.13. The van der Waals surface area contributed by atoms with Crippen LogP contribution in [0.15, 0.2) is 60.7 Å². The smallest absolute Gasteiger partial charge is 0.255 e. The van der Waals surface area contributed by atoms with Gasteiger partial charge in [-0.05, 0) is 54.3 Å². The van der Waals surface area contributed by atoms with E-state index in [0.29, 0.717) is 23.6 Å². The number of carbonyl (C=O) groups excluding carboxylic acids is 2. The molecule has 0 saturated carbocycles. The molecule has 2 heterocycles. The molecule has 0 radical (unpaired) electrons. The molecule has 1 aliphatic heterocycles. The molecular weight excluding hydrogens is 473 g/mol. The zero-order valence-corrected chi connectivity index (χ0v) is 20.5. The quantitative estimate of drug-likeness (QED) is 0.366. The first-order chi connectivity index (χ1) is 17.9. The lowest BCUT2D eigenvalue weighted by atomic mass is 10.0. The fraction of sp³-hybridized carbons (Fsp3) is 0.179. The SMILES string of the molecule is COc1c(F)cccc1C(=O)NCc1ccc(-c2nn3c(c2C(N)=O)Nc2ccccc2CC3)cc1C. The minimum atomic E-state index is -0.600. The molecule has 0 atom stereocenters. The van der Waals surface area contributed by atoms with Gasteiger partial charge in [0.25, 0.3) is 11.8 Å². The lowest BCUT2D eigenvalue weighted by molar-refractivity contribution is 0.0945. The third kappa shape index (κ3) is 4.51. The molecule has 0 aliphatic carbocycles. The highest BCUT2D eigenvalue weighted by molar-refractivity contribution is 6.04. The maximum Gasteiger partial charge on any atom is 0.255 e. The number of nitrogens with two attached hydrogens (primary N) is 1. The first-order valence-corrected chi connectivity index (χ1v) is 11.8. The standard InChI is InChI=1S/C28H26FN5O3/c1-16-14-18(10-11-19(16)15-31-28(36)20-7-5-8-21(29)25(20)37-2)24-23(26(30)35)27-32-22-9-4-3-6-17(22)12-13-34(27)33-24/h3-11,14,32H,12-13,15H2,1-2H3,(H2,30,35)(H,31,36). The van der Waals surface area contributed by atoms with Crippen LogP contribution in [0.2, 0.25) is 0 Å². The second-order valence-corrected chi connectivity index (χ2v) is 8.84. The lowest BCUT2D eigenvalue weighted by Crippen LogP contribution is -2.24. The summed E-state index contributed by atoms with van der Waals surface area (Å²) in [4.78, 5) is 25.2. The van der Waals surface area contributed by atoms with Crippen LogP contribution in [0.25, 0.3) is 11.3 Å². The summed E-state index contributed by atoms with van der Waals surface area (Å²) in [7, 11) is 1.32. The summed E-state index contributed by atoms with van der Waals surface area (Å²) in [6.45, 7) is 2.74. The minimum Gasteiger partial charge on any atom is -0.493 e. The minimum absolute atomic E-state index is 0.0955. The number of carbonyl (C=O) groups is 2. The van der Waals surface area contributed by atoms with Crippen molar-refractivity contribution in [2.24, 2.45) is 5.73 Å². The number of rotatable bonds is 6. The molecule has 3 aromatic carbocycles. The number of hydrogen-bond donors (Lipinski definition) is 3. The highest BCUT2D eigenvalue weighted by Gasteiger charge is 2.26. The summed E-state index contributed by atoms with van der Waals surface area (Å²) < 4.78 is 20.8. The van der Waals surface area contributed by atoms with Crippen molar-refractivity contribution in [2.45, 2.75) is 26.4 Å². The number of aromatic nitrogens is 2. The zero-order valence-electron chi connectivity index (χ0n) is 20.5. The average molecular weight is 500 g/mol. The number of nitrogens with zero attached hydrogens (tertiary/aromatic N) is 2. The number of methoxy groups -OCH3 is 1. The van der Waals surface area contributed by atoms with Crippen molar-refractivity contribution in [1.29, 1.82) is 0 Å². The Morgan fingerprint density at radius 3 is 2.73 bits per heavy atom. The van der Waals surface area contributed by atoms with Crippen molar-refractivity contribution in [3.05, 3.63) is 94.3 Å². The molecule has 188 valence electrons. The largest absolute Gasteiger partial charge is 0.493 e. The molecule has 9 heteroatoms. The van der Waals surface area contributed by atoms with Gasteiger partial charge in [-0.25, -0.2) is 9.07 Å². The van der Waals surface area contributed by atoms with Gasteiger partial charge in [0.1, 0.15) is 17.1 Å². The molecule has 4 N–H and O–H groups in total. The van der Waals surface area contributed by atoms with Crippen LogP contribution in [0.4, 0.5) is 15.9 Å². The van der Waals surface area contributed by atoms with E-state index in [1.807, 2.05) is 49.4 Å². The van der Waals surface area contributed by atoms with Crippen LogP contribution < -0.4 is 21.1 Å². The van der Waals surface area contributed by atoms with Crippen molar-refractivity contribution in [1.82, 2.24) is 15.1 Å². The van der Waals surface area contributed by atoms with Crippen LogP contribution in [-0.4, -0.2) is 28.7 Å². The van der Waals surface area contributed by atoms with Crippen LogP contribution in [0.1, 0.15) is 37.4 Å². The number of nitrogens with one attached hydrogen (secondary N) is 2. The predicted octanol–water partition coefficient (Wildman–Crippen LogP) is 4.33. The number of ether oxygens (including phenoxy) is 1. The number of benzene rings is 3. The Bertz CT molecular complexity index is 1530. The molecule has 2 amide bonds. The fourth-order valence-electron chi connectivity index (χ4n) is 4.61. The van der Waals surface area contributed by atoms with Crippen molar-refractivity contribution in [3.8, 4) is 17.0 Å². The highest BCUT2D eigenvalue weighted by atomic mass is 19.1. The van der Waals surface area contributed by atoms with Gasteiger partial charge in [0.15, 0.2) is 11.6 Å². The molecule has 0 spiro atoms. The predicted molar refractivity (Wildman–Crippen MR) is 138 cm³/mol. The van der Waals surface area contributed by atoms with Gasteiger partial charge in [-0.2, -0.15) is 5.10 Å². The van der Waals surface area contributed by atoms with Gasteiger partial charge < -0.3 is 21.1 Å². The Morgan fingerprint density at radius 1 is 1.16 bits per heavy atom. The van der Waals surface area contributed by atoms with Gasteiger partial charge in [-0.15, -0.1) is 0 Å². The summed E-state index contributed by atoms with van der Waals surface area (Å²) in [6.07, 6.45) is 0.767. The first kappa shape index (κ1) is 24.1. The van der Waals surface area contributed by atoms with E-state index in [-0.39, 0.29) is 17.9 Å². The van der Waals surface area contributed by atoms with Gasteiger partial charge in [-0.3, -0.25) is 9.59 Å². The maximum absolute atomic E-state index is 14.0. The number of halogens is 1. The summed E-state index contributed by atoms with van der Waals surface area (Å²) in [5.41, 5.74) is 11.3. The van der Waals surface area contributed by atoms with Crippen LogP contribution in [0.5, 0.6) is 5.75 Å².